The average molecular weight is 281 g/mol. The number of piperidine rings is 1. The molecule has 2 N–H and O–H groups in total. The van der Waals surface area contributed by atoms with Gasteiger partial charge in [-0.1, -0.05) is 0 Å². The monoisotopic (exact) mass is 281 g/mol. The van der Waals surface area contributed by atoms with Crippen molar-refractivity contribution in [1.82, 2.24) is 4.90 Å². The van der Waals surface area contributed by atoms with Crippen molar-refractivity contribution in [2.24, 2.45) is 5.41 Å². The van der Waals surface area contributed by atoms with Gasteiger partial charge in [0.15, 0.2) is 0 Å². The third-order valence-corrected chi connectivity index (χ3v) is 4.93. The molecule has 2 atom stereocenters. The van der Waals surface area contributed by atoms with Gasteiger partial charge in [-0.15, -0.1) is 0 Å². The van der Waals surface area contributed by atoms with Crippen LogP contribution in [0.5, 0.6) is 0 Å². The van der Waals surface area contributed by atoms with Gasteiger partial charge < -0.3 is 19.4 Å². The molecule has 0 bridgehead atoms. The van der Waals surface area contributed by atoms with Crippen LogP contribution in [-0.2, 0) is 11.3 Å². The van der Waals surface area contributed by atoms with Crippen LogP contribution in [-0.4, -0.2) is 53.6 Å². The van der Waals surface area contributed by atoms with Crippen molar-refractivity contribution >= 4 is 0 Å². The van der Waals surface area contributed by atoms with Crippen LogP contribution in [0, 0.1) is 5.41 Å². The minimum Gasteiger partial charge on any atom is -0.472 e. The highest BCUT2D eigenvalue weighted by Gasteiger charge is 2.55. The minimum absolute atomic E-state index is 0.0509. The molecule has 1 saturated carbocycles. The molecule has 0 unspecified atom stereocenters. The van der Waals surface area contributed by atoms with Crippen LogP contribution in [0.3, 0.4) is 0 Å². The lowest BCUT2D eigenvalue weighted by atomic mass is 9.58. The van der Waals surface area contributed by atoms with Gasteiger partial charge in [0.1, 0.15) is 0 Å². The highest BCUT2D eigenvalue weighted by Crippen LogP contribution is 2.51. The standard InChI is InChI=1S/C15H23NO4/c17-6-8-20-14-9-13(18)15(14)2-4-16(5-3-15)10-12-1-7-19-11-12/h1,7,11,13-14,17-18H,2-6,8-10H2/t13-,14+/m1/s1. The van der Waals surface area contributed by atoms with E-state index in [9.17, 15) is 5.11 Å². The maximum Gasteiger partial charge on any atom is 0.0947 e. The second-order valence-corrected chi connectivity index (χ2v) is 5.98. The van der Waals surface area contributed by atoms with Crippen molar-refractivity contribution in [3.8, 4) is 0 Å². The number of likely N-dealkylation sites (tertiary alicyclic amines) is 1. The van der Waals surface area contributed by atoms with E-state index in [1.807, 2.05) is 6.07 Å². The summed E-state index contributed by atoms with van der Waals surface area (Å²) < 4.78 is 10.8. The molecule has 2 aliphatic rings. The lowest BCUT2D eigenvalue weighted by Gasteiger charge is -2.56. The summed E-state index contributed by atoms with van der Waals surface area (Å²) in [5, 5.41) is 19.0. The number of ether oxygens (including phenoxy) is 1. The van der Waals surface area contributed by atoms with Crippen LogP contribution in [0.25, 0.3) is 0 Å². The Kier molecular flexibility index (Phi) is 4.12. The summed E-state index contributed by atoms with van der Waals surface area (Å²) in [4.78, 5) is 2.39. The Morgan fingerprint density at radius 1 is 1.40 bits per heavy atom. The molecule has 5 heteroatoms. The Morgan fingerprint density at radius 3 is 2.80 bits per heavy atom. The molecule has 0 radical (unpaired) electrons. The van der Waals surface area contributed by atoms with Crippen molar-refractivity contribution < 1.29 is 19.4 Å². The first kappa shape index (κ1) is 14.1. The fourth-order valence-electron chi connectivity index (χ4n) is 3.58. The van der Waals surface area contributed by atoms with Crippen LogP contribution >= 0.6 is 0 Å². The van der Waals surface area contributed by atoms with Gasteiger partial charge in [-0.05, 0) is 32.0 Å². The van der Waals surface area contributed by atoms with E-state index in [2.05, 4.69) is 4.90 Å². The van der Waals surface area contributed by atoms with Crippen LogP contribution < -0.4 is 0 Å². The molecule has 1 saturated heterocycles. The first-order chi connectivity index (χ1) is 9.74. The predicted octanol–water partition coefficient (Wildman–Crippen LogP) is 1.00. The van der Waals surface area contributed by atoms with E-state index >= 15 is 0 Å². The Morgan fingerprint density at radius 2 is 2.20 bits per heavy atom. The van der Waals surface area contributed by atoms with Gasteiger partial charge in [-0.3, -0.25) is 4.90 Å². The fraction of sp³-hybridized carbons (Fsp3) is 0.733. The summed E-state index contributed by atoms with van der Waals surface area (Å²) in [5.41, 5.74) is 1.12. The van der Waals surface area contributed by atoms with Crippen LogP contribution in [0.15, 0.2) is 23.0 Å². The van der Waals surface area contributed by atoms with Crippen molar-refractivity contribution in [2.75, 3.05) is 26.3 Å². The van der Waals surface area contributed by atoms with Crippen molar-refractivity contribution in [2.45, 2.75) is 38.0 Å². The van der Waals surface area contributed by atoms with E-state index in [-0.39, 0.29) is 24.2 Å². The molecule has 0 aromatic carbocycles. The SMILES string of the molecule is OCCO[C@H]1C[C@@H](O)C12CCN(Cc1ccoc1)CC2. The van der Waals surface area contributed by atoms with E-state index in [1.165, 1.54) is 5.56 Å². The number of furan rings is 1. The molecular weight excluding hydrogens is 258 g/mol. The molecule has 3 rings (SSSR count). The Hall–Kier alpha value is -0.880. The molecule has 1 aromatic rings. The highest BCUT2D eigenvalue weighted by atomic mass is 16.5. The van der Waals surface area contributed by atoms with Crippen LogP contribution in [0.2, 0.25) is 0 Å². The minimum atomic E-state index is -0.248. The Labute approximate surface area is 119 Å². The van der Waals surface area contributed by atoms with Gasteiger partial charge in [0.2, 0.25) is 0 Å². The van der Waals surface area contributed by atoms with Gasteiger partial charge >= 0.3 is 0 Å². The summed E-state index contributed by atoms with van der Waals surface area (Å²) in [5.74, 6) is 0. The second-order valence-electron chi connectivity index (χ2n) is 5.98. The molecule has 112 valence electrons. The molecule has 1 spiro atoms. The topological polar surface area (TPSA) is 66.1 Å². The molecule has 0 amide bonds. The second kappa shape index (κ2) is 5.85. The maximum absolute atomic E-state index is 10.2. The number of aliphatic hydroxyl groups is 2. The predicted molar refractivity (Wildman–Crippen MR) is 73.1 cm³/mol. The molecule has 2 fully saturated rings. The maximum atomic E-state index is 10.2. The molecule has 5 nitrogen and oxygen atoms in total. The molecule has 2 heterocycles. The van der Waals surface area contributed by atoms with Crippen molar-refractivity contribution in [3.63, 3.8) is 0 Å². The normalized spacial score (nSPS) is 29.5. The van der Waals surface area contributed by atoms with Gasteiger partial charge in [0.05, 0.1) is 37.9 Å². The van der Waals surface area contributed by atoms with Gasteiger partial charge in [0, 0.05) is 23.9 Å². The van der Waals surface area contributed by atoms with Crippen LogP contribution in [0.1, 0.15) is 24.8 Å². The van der Waals surface area contributed by atoms with E-state index in [1.54, 1.807) is 12.5 Å². The zero-order valence-electron chi connectivity index (χ0n) is 11.7. The number of aliphatic hydroxyl groups excluding tert-OH is 2. The van der Waals surface area contributed by atoms with Crippen molar-refractivity contribution in [1.29, 1.82) is 0 Å². The zero-order valence-corrected chi connectivity index (χ0v) is 11.7. The summed E-state index contributed by atoms with van der Waals surface area (Å²) in [6, 6.07) is 2.00. The molecule has 1 aliphatic carbocycles. The van der Waals surface area contributed by atoms with E-state index in [4.69, 9.17) is 14.3 Å². The number of nitrogens with zero attached hydrogens (tertiary/aromatic N) is 1. The lowest BCUT2D eigenvalue weighted by molar-refractivity contribution is -0.213. The Bertz CT molecular complexity index is 412. The van der Waals surface area contributed by atoms with Gasteiger partial charge in [0.25, 0.3) is 0 Å². The molecular formula is C15H23NO4. The Balaban J connectivity index is 1.54. The number of hydrogen-bond acceptors (Lipinski definition) is 5. The lowest BCUT2D eigenvalue weighted by Crippen LogP contribution is -2.62. The largest absolute Gasteiger partial charge is 0.472 e. The molecule has 20 heavy (non-hydrogen) atoms. The van der Waals surface area contributed by atoms with Gasteiger partial charge in [-0.2, -0.15) is 0 Å². The summed E-state index contributed by atoms with van der Waals surface area (Å²) in [6.45, 7) is 3.28. The summed E-state index contributed by atoms with van der Waals surface area (Å²) in [6.07, 6.45) is 5.99. The average Bonchev–Trinajstić information content (AvgIpc) is 2.97. The smallest absolute Gasteiger partial charge is 0.0947 e. The fourth-order valence-corrected chi connectivity index (χ4v) is 3.58. The van der Waals surface area contributed by atoms with Crippen molar-refractivity contribution in [3.05, 3.63) is 24.2 Å². The first-order valence-corrected chi connectivity index (χ1v) is 7.38. The number of rotatable bonds is 5. The van der Waals surface area contributed by atoms with E-state index in [0.717, 1.165) is 32.5 Å². The van der Waals surface area contributed by atoms with Crippen LogP contribution in [0.4, 0.5) is 0 Å². The third-order valence-electron chi connectivity index (χ3n) is 4.93. The quantitative estimate of drug-likeness (QED) is 0.843. The summed E-state index contributed by atoms with van der Waals surface area (Å²) in [7, 11) is 0. The third kappa shape index (κ3) is 2.51. The number of hydrogen-bond donors (Lipinski definition) is 2. The molecule has 1 aromatic heterocycles. The summed E-state index contributed by atoms with van der Waals surface area (Å²) >= 11 is 0. The zero-order chi connectivity index (χ0) is 14.0. The van der Waals surface area contributed by atoms with E-state index in [0.29, 0.717) is 13.0 Å². The first-order valence-electron chi connectivity index (χ1n) is 7.38. The van der Waals surface area contributed by atoms with Gasteiger partial charge in [-0.25, -0.2) is 0 Å². The molecule has 1 aliphatic heterocycles. The highest BCUT2D eigenvalue weighted by molar-refractivity contribution is 5.09. The van der Waals surface area contributed by atoms with E-state index < -0.39 is 0 Å².